The van der Waals surface area contributed by atoms with E-state index in [0.29, 0.717) is 30.0 Å². The Morgan fingerprint density at radius 1 is 1.36 bits per heavy atom. The van der Waals surface area contributed by atoms with Crippen molar-refractivity contribution >= 4 is 5.97 Å². The number of carbonyl (C=O) groups excluding carboxylic acids is 1. The Balaban J connectivity index is 2.67. The third-order valence-corrected chi connectivity index (χ3v) is 3.33. The van der Waals surface area contributed by atoms with E-state index in [1.54, 1.807) is 13.8 Å². The average Bonchev–Trinajstić information content (AvgIpc) is 2.51. The van der Waals surface area contributed by atoms with Crippen LogP contribution in [0.15, 0.2) is 6.20 Å². The molecular formula is C17H25N3O2. The number of hydrogen-bond donors (Lipinski definition) is 0. The molecule has 0 aliphatic carbocycles. The molecule has 1 unspecified atom stereocenters. The number of aromatic nitrogens is 2. The molecule has 0 aliphatic heterocycles. The summed E-state index contributed by atoms with van der Waals surface area (Å²) in [6, 6.07) is 0. The molecule has 5 nitrogen and oxygen atoms in total. The van der Waals surface area contributed by atoms with Gasteiger partial charge in [-0.25, -0.2) is 14.8 Å². The van der Waals surface area contributed by atoms with Crippen LogP contribution < -0.4 is 0 Å². The molecule has 0 aromatic carbocycles. The zero-order chi connectivity index (χ0) is 16.5. The van der Waals surface area contributed by atoms with Crippen LogP contribution in [0, 0.1) is 18.8 Å². The summed E-state index contributed by atoms with van der Waals surface area (Å²) in [6.07, 6.45) is 1.74. The topological polar surface area (TPSA) is 55.3 Å². The minimum atomic E-state index is -0.450. The SMILES string of the molecule is CCc1nc(C)ncc1C(=O)OC(C)C#CCN(CC)CC. The van der Waals surface area contributed by atoms with E-state index < -0.39 is 12.1 Å². The van der Waals surface area contributed by atoms with E-state index >= 15 is 0 Å². The number of rotatable bonds is 6. The van der Waals surface area contributed by atoms with Gasteiger partial charge in [0.1, 0.15) is 5.82 Å². The van der Waals surface area contributed by atoms with Crippen molar-refractivity contribution in [3.05, 3.63) is 23.3 Å². The lowest BCUT2D eigenvalue weighted by molar-refractivity contribution is 0.0436. The van der Waals surface area contributed by atoms with Gasteiger partial charge in [0.2, 0.25) is 0 Å². The Morgan fingerprint density at radius 2 is 2.05 bits per heavy atom. The second kappa shape index (κ2) is 9.16. The van der Waals surface area contributed by atoms with Crippen LogP contribution in [0.1, 0.15) is 49.6 Å². The van der Waals surface area contributed by atoms with Crippen molar-refractivity contribution in [1.29, 1.82) is 0 Å². The molecular weight excluding hydrogens is 278 g/mol. The molecule has 1 aromatic rings. The highest BCUT2D eigenvalue weighted by molar-refractivity contribution is 5.90. The van der Waals surface area contributed by atoms with Gasteiger partial charge in [0, 0.05) is 6.20 Å². The molecule has 0 aliphatic rings. The molecule has 120 valence electrons. The molecule has 5 heteroatoms. The number of carbonyl (C=O) groups is 1. The number of hydrogen-bond acceptors (Lipinski definition) is 5. The summed E-state index contributed by atoms with van der Waals surface area (Å²) in [5.41, 5.74) is 1.13. The average molecular weight is 303 g/mol. The van der Waals surface area contributed by atoms with Gasteiger partial charge in [0.25, 0.3) is 0 Å². The van der Waals surface area contributed by atoms with Crippen molar-refractivity contribution in [2.45, 2.75) is 47.1 Å². The first-order valence-electron chi connectivity index (χ1n) is 7.75. The van der Waals surface area contributed by atoms with E-state index in [1.807, 2.05) is 6.92 Å². The molecule has 1 aromatic heterocycles. The first-order chi connectivity index (χ1) is 10.5. The summed E-state index contributed by atoms with van der Waals surface area (Å²) in [7, 11) is 0. The summed E-state index contributed by atoms with van der Waals surface area (Å²) in [5.74, 6) is 6.24. The second-order valence-corrected chi connectivity index (χ2v) is 4.96. The fraction of sp³-hybridized carbons (Fsp3) is 0.588. The number of ether oxygens (including phenoxy) is 1. The quantitative estimate of drug-likeness (QED) is 0.596. The molecule has 1 atom stereocenters. The van der Waals surface area contributed by atoms with Crippen molar-refractivity contribution in [3.63, 3.8) is 0 Å². The molecule has 0 N–H and O–H groups in total. The Labute approximate surface area is 133 Å². The van der Waals surface area contributed by atoms with Gasteiger partial charge >= 0.3 is 5.97 Å². The first kappa shape index (κ1) is 18.1. The van der Waals surface area contributed by atoms with E-state index in [-0.39, 0.29) is 0 Å². The minimum absolute atomic E-state index is 0.415. The maximum absolute atomic E-state index is 12.2. The second-order valence-electron chi connectivity index (χ2n) is 4.96. The lowest BCUT2D eigenvalue weighted by Crippen LogP contribution is -2.23. The monoisotopic (exact) mass is 303 g/mol. The van der Waals surface area contributed by atoms with Crippen LogP contribution in [-0.2, 0) is 11.2 Å². The van der Waals surface area contributed by atoms with Gasteiger partial charge in [0.05, 0.1) is 17.8 Å². The third-order valence-electron chi connectivity index (χ3n) is 3.33. The zero-order valence-electron chi connectivity index (χ0n) is 14.1. The van der Waals surface area contributed by atoms with E-state index in [1.165, 1.54) is 6.20 Å². The van der Waals surface area contributed by atoms with Crippen molar-refractivity contribution in [2.75, 3.05) is 19.6 Å². The largest absolute Gasteiger partial charge is 0.446 e. The highest BCUT2D eigenvalue weighted by Gasteiger charge is 2.16. The Morgan fingerprint density at radius 3 is 2.64 bits per heavy atom. The van der Waals surface area contributed by atoms with Gasteiger partial charge in [-0.1, -0.05) is 32.6 Å². The van der Waals surface area contributed by atoms with E-state index in [2.05, 4.69) is 40.6 Å². The van der Waals surface area contributed by atoms with Crippen molar-refractivity contribution in [2.24, 2.45) is 0 Å². The van der Waals surface area contributed by atoms with Crippen LogP contribution in [0.4, 0.5) is 0 Å². The zero-order valence-corrected chi connectivity index (χ0v) is 14.1. The van der Waals surface area contributed by atoms with Crippen molar-refractivity contribution in [3.8, 4) is 11.8 Å². The highest BCUT2D eigenvalue weighted by atomic mass is 16.5. The van der Waals surface area contributed by atoms with Crippen LogP contribution in [-0.4, -0.2) is 46.6 Å². The maximum atomic E-state index is 12.2. The highest BCUT2D eigenvalue weighted by Crippen LogP contribution is 2.09. The Hall–Kier alpha value is -1.93. The predicted octanol–water partition coefficient (Wildman–Crippen LogP) is 2.24. The van der Waals surface area contributed by atoms with Crippen molar-refractivity contribution < 1.29 is 9.53 Å². The minimum Gasteiger partial charge on any atom is -0.446 e. The first-order valence-corrected chi connectivity index (χ1v) is 7.75. The van der Waals surface area contributed by atoms with Gasteiger partial charge in [-0.05, 0) is 33.4 Å². The van der Waals surface area contributed by atoms with Crippen LogP contribution in [0.25, 0.3) is 0 Å². The summed E-state index contributed by atoms with van der Waals surface area (Å²) >= 11 is 0. The number of esters is 1. The fourth-order valence-electron chi connectivity index (χ4n) is 1.96. The van der Waals surface area contributed by atoms with Gasteiger partial charge in [-0.2, -0.15) is 0 Å². The van der Waals surface area contributed by atoms with Crippen LogP contribution in [0.5, 0.6) is 0 Å². The summed E-state index contributed by atoms with van der Waals surface area (Å²) in [4.78, 5) is 22.7. The predicted molar refractivity (Wildman–Crippen MR) is 86.6 cm³/mol. The smallest absolute Gasteiger partial charge is 0.342 e. The standard InChI is InChI=1S/C17H25N3O2/c1-6-16-15(12-18-14(5)19-16)17(21)22-13(4)10-9-11-20(7-2)8-3/h12-13H,6-8,11H2,1-5H3. The van der Waals surface area contributed by atoms with Gasteiger partial charge in [-0.15, -0.1) is 0 Å². The van der Waals surface area contributed by atoms with E-state index in [4.69, 9.17) is 4.74 Å². The molecule has 0 saturated carbocycles. The third kappa shape index (κ3) is 5.45. The summed E-state index contributed by atoms with van der Waals surface area (Å²) in [5, 5.41) is 0. The maximum Gasteiger partial charge on any atom is 0.342 e. The Kier molecular flexibility index (Phi) is 7.55. The molecule has 0 spiro atoms. The molecule has 0 saturated heterocycles. The summed E-state index contributed by atoms with van der Waals surface area (Å²) < 4.78 is 5.36. The normalized spacial score (nSPS) is 11.7. The van der Waals surface area contributed by atoms with Crippen LogP contribution >= 0.6 is 0 Å². The molecule has 0 amide bonds. The molecule has 0 radical (unpaired) electrons. The van der Waals surface area contributed by atoms with Crippen LogP contribution in [0.2, 0.25) is 0 Å². The summed E-state index contributed by atoms with van der Waals surface area (Å²) in [6.45, 7) is 12.3. The van der Waals surface area contributed by atoms with Crippen LogP contribution in [0.3, 0.4) is 0 Å². The van der Waals surface area contributed by atoms with Gasteiger partial charge < -0.3 is 4.74 Å². The van der Waals surface area contributed by atoms with E-state index in [9.17, 15) is 4.79 Å². The van der Waals surface area contributed by atoms with E-state index in [0.717, 1.165) is 13.1 Å². The van der Waals surface area contributed by atoms with Gasteiger partial charge in [-0.3, -0.25) is 4.90 Å². The molecule has 0 bridgehead atoms. The fourth-order valence-corrected chi connectivity index (χ4v) is 1.96. The lowest BCUT2D eigenvalue weighted by atomic mass is 10.2. The lowest BCUT2D eigenvalue weighted by Gasteiger charge is -2.13. The van der Waals surface area contributed by atoms with Crippen molar-refractivity contribution in [1.82, 2.24) is 14.9 Å². The number of nitrogens with zero attached hydrogens (tertiary/aromatic N) is 3. The molecule has 1 rings (SSSR count). The molecule has 1 heterocycles. The van der Waals surface area contributed by atoms with Gasteiger partial charge in [0.15, 0.2) is 6.10 Å². The molecule has 22 heavy (non-hydrogen) atoms. The Bertz CT molecular complexity index is 557. The molecule has 0 fully saturated rings. The number of aryl methyl sites for hydroxylation is 2.